The molecular weight excluding hydrogens is 240 g/mol. The van der Waals surface area contributed by atoms with Crippen molar-refractivity contribution in [3.05, 3.63) is 35.1 Å². The number of rotatable bonds is 4. The van der Waals surface area contributed by atoms with E-state index in [1.807, 2.05) is 42.2 Å². The van der Waals surface area contributed by atoms with Crippen LogP contribution < -0.4 is 0 Å². The Kier molecular flexibility index (Phi) is 3.46. The minimum atomic E-state index is 0.144. The SMILES string of the molecule is Cc1csc(SCC(=O)c2cccn2C)n1. The molecule has 0 unspecified atom stereocenters. The van der Waals surface area contributed by atoms with Crippen molar-refractivity contribution < 1.29 is 4.79 Å². The maximum Gasteiger partial charge on any atom is 0.189 e. The lowest BCUT2D eigenvalue weighted by atomic mass is 10.3. The summed E-state index contributed by atoms with van der Waals surface area (Å²) in [7, 11) is 1.88. The van der Waals surface area contributed by atoms with Crippen LogP contribution in [0, 0.1) is 6.92 Å². The molecule has 0 N–H and O–H groups in total. The molecule has 3 nitrogen and oxygen atoms in total. The van der Waals surface area contributed by atoms with Crippen molar-refractivity contribution in [3.8, 4) is 0 Å². The van der Waals surface area contributed by atoms with Gasteiger partial charge in [0.15, 0.2) is 10.1 Å². The maximum atomic E-state index is 11.8. The van der Waals surface area contributed by atoms with Crippen LogP contribution in [0.1, 0.15) is 16.2 Å². The molecule has 2 rings (SSSR count). The van der Waals surface area contributed by atoms with Gasteiger partial charge in [-0.15, -0.1) is 11.3 Å². The molecule has 0 aliphatic heterocycles. The molecule has 2 heterocycles. The van der Waals surface area contributed by atoms with Crippen molar-refractivity contribution in [2.75, 3.05) is 5.75 Å². The number of carbonyl (C=O) groups excluding carboxylic acids is 1. The molecule has 0 radical (unpaired) electrons. The highest BCUT2D eigenvalue weighted by atomic mass is 32.2. The molecule has 0 saturated heterocycles. The number of hydrogen-bond acceptors (Lipinski definition) is 4. The molecule has 0 aliphatic carbocycles. The number of carbonyl (C=O) groups is 1. The Hall–Kier alpha value is -1.07. The average Bonchev–Trinajstić information content (AvgIpc) is 2.84. The lowest BCUT2D eigenvalue weighted by Crippen LogP contribution is -2.07. The lowest BCUT2D eigenvalue weighted by molar-refractivity contribution is 0.101. The van der Waals surface area contributed by atoms with Gasteiger partial charge in [-0.3, -0.25) is 4.79 Å². The molecule has 0 aromatic carbocycles. The predicted octanol–water partition coefficient (Wildman–Crippen LogP) is 2.77. The second-order valence-electron chi connectivity index (χ2n) is 3.47. The largest absolute Gasteiger partial charge is 0.348 e. The zero-order chi connectivity index (χ0) is 11.5. The first-order chi connectivity index (χ1) is 7.66. The molecule has 2 aromatic heterocycles. The maximum absolute atomic E-state index is 11.8. The minimum absolute atomic E-state index is 0.144. The molecule has 0 atom stereocenters. The van der Waals surface area contributed by atoms with Crippen LogP contribution in [0.15, 0.2) is 28.0 Å². The molecule has 0 saturated carbocycles. The molecule has 2 aromatic rings. The zero-order valence-electron chi connectivity index (χ0n) is 9.14. The van der Waals surface area contributed by atoms with Crippen LogP contribution in [-0.4, -0.2) is 21.1 Å². The summed E-state index contributed by atoms with van der Waals surface area (Å²) in [4.78, 5) is 16.2. The summed E-state index contributed by atoms with van der Waals surface area (Å²) in [5.41, 5.74) is 1.76. The molecule has 5 heteroatoms. The van der Waals surface area contributed by atoms with Crippen molar-refractivity contribution in [3.63, 3.8) is 0 Å². The van der Waals surface area contributed by atoms with Gasteiger partial charge < -0.3 is 4.57 Å². The van der Waals surface area contributed by atoms with Crippen LogP contribution in [0.4, 0.5) is 0 Å². The van der Waals surface area contributed by atoms with Gasteiger partial charge in [-0.1, -0.05) is 11.8 Å². The van der Waals surface area contributed by atoms with E-state index in [1.54, 1.807) is 11.3 Å². The summed E-state index contributed by atoms with van der Waals surface area (Å²) in [6.45, 7) is 1.96. The van der Waals surface area contributed by atoms with Crippen LogP contribution >= 0.6 is 23.1 Å². The number of Topliss-reactive ketones (excluding diaryl/α,β-unsaturated/α-hetero) is 1. The first-order valence-electron chi connectivity index (χ1n) is 4.86. The number of hydrogen-bond donors (Lipinski definition) is 0. The van der Waals surface area contributed by atoms with Gasteiger partial charge in [-0.25, -0.2) is 4.98 Å². The molecule has 0 aliphatic rings. The van der Waals surface area contributed by atoms with Gasteiger partial charge in [0, 0.05) is 24.3 Å². The Bertz CT molecular complexity index is 502. The molecular formula is C11H12N2OS2. The van der Waals surface area contributed by atoms with Crippen LogP contribution in [-0.2, 0) is 7.05 Å². The van der Waals surface area contributed by atoms with Crippen molar-refractivity contribution in [1.29, 1.82) is 0 Å². The Labute approximate surface area is 103 Å². The first kappa shape index (κ1) is 11.4. The van der Waals surface area contributed by atoms with Crippen LogP contribution in [0.5, 0.6) is 0 Å². The van der Waals surface area contributed by atoms with E-state index in [1.165, 1.54) is 11.8 Å². The highest BCUT2D eigenvalue weighted by molar-refractivity contribution is 8.01. The summed E-state index contributed by atoms with van der Waals surface area (Å²) in [6.07, 6.45) is 1.88. The topological polar surface area (TPSA) is 34.9 Å². The minimum Gasteiger partial charge on any atom is -0.348 e. The summed E-state index contributed by atoms with van der Waals surface area (Å²) in [6, 6.07) is 3.72. The highest BCUT2D eigenvalue weighted by Gasteiger charge is 2.10. The standard InChI is InChI=1S/C11H12N2OS2/c1-8-6-15-11(12-8)16-7-10(14)9-4-3-5-13(9)2/h3-6H,7H2,1-2H3. The highest BCUT2D eigenvalue weighted by Crippen LogP contribution is 2.23. The summed E-state index contributed by atoms with van der Waals surface area (Å²) < 4.78 is 2.80. The Morgan fingerprint density at radius 3 is 3.00 bits per heavy atom. The zero-order valence-corrected chi connectivity index (χ0v) is 10.8. The smallest absolute Gasteiger partial charge is 0.189 e. The van der Waals surface area contributed by atoms with Crippen LogP contribution in [0.3, 0.4) is 0 Å². The van der Waals surface area contributed by atoms with Crippen molar-refractivity contribution in [1.82, 2.24) is 9.55 Å². The molecule has 0 amide bonds. The van der Waals surface area contributed by atoms with E-state index >= 15 is 0 Å². The van der Waals surface area contributed by atoms with Crippen molar-refractivity contribution >= 4 is 28.9 Å². The molecule has 0 spiro atoms. The third-order valence-corrected chi connectivity index (χ3v) is 4.29. The summed E-state index contributed by atoms with van der Waals surface area (Å²) in [5, 5.41) is 2.00. The van der Waals surface area contributed by atoms with E-state index in [2.05, 4.69) is 4.98 Å². The van der Waals surface area contributed by atoms with Gasteiger partial charge in [-0.2, -0.15) is 0 Å². The first-order valence-corrected chi connectivity index (χ1v) is 6.73. The van der Waals surface area contributed by atoms with Crippen LogP contribution in [0.25, 0.3) is 0 Å². The van der Waals surface area contributed by atoms with E-state index in [0.717, 1.165) is 15.7 Å². The Morgan fingerprint density at radius 1 is 1.62 bits per heavy atom. The fourth-order valence-electron chi connectivity index (χ4n) is 1.35. The Morgan fingerprint density at radius 2 is 2.44 bits per heavy atom. The fourth-order valence-corrected chi connectivity index (χ4v) is 3.08. The normalized spacial score (nSPS) is 10.6. The summed E-state index contributed by atoms with van der Waals surface area (Å²) in [5.74, 6) is 0.593. The molecule has 0 bridgehead atoms. The van der Waals surface area contributed by atoms with Gasteiger partial charge in [0.2, 0.25) is 0 Å². The average molecular weight is 252 g/mol. The molecule has 84 valence electrons. The molecule has 16 heavy (non-hydrogen) atoms. The van der Waals surface area contributed by atoms with Gasteiger partial charge >= 0.3 is 0 Å². The monoisotopic (exact) mass is 252 g/mol. The quantitative estimate of drug-likeness (QED) is 0.620. The van der Waals surface area contributed by atoms with Crippen molar-refractivity contribution in [2.45, 2.75) is 11.3 Å². The second-order valence-corrected chi connectivity index (χ2v) is 5.55. The predicted molar refractivity (Wildman–Crippen MR) is 67.3 cm³/mol. The number of thiazole rings is 1. The third kappa shape index (κ3) is 2.54. The summed E-state index contributed by atoms with van der Waals surface area (Å²) >= 11 is 3.09. The number of aromatic nitrogens is 2. The number of nitrogens with zero attached hydrogens (tertiary/aromatic N) is 2. The van der Waals surface area contributed by atoms with E-state index < -0.39 is 0 Å². The van der Waals surface area contributed by atoms with Gasteiger partial charge in [0.25, 0.3) is 0 Å². The lowest BCUT2D eigenvalue weighted by Gasteiger charge is -2.00. The van der Waals surface area contributed by atoms with E-state index in [4.69, 9.17) is 0 Å². The van der Waals surface area contributed by atoms with Crippen LogP contribution in [0.2, 0.25) is 0 Å². The third-order valence-electron chi connectivity index (χ3n) is 2.15. The van der Waals surface area contributed by atoms with Crippen molar-refractivity contribution in [2.24, 2.45) is 7.05 Å². The number of ketones is 1. The van der Waals surface area contributed by atoms with Gasteiger partial charge in [0.05, 0.1) is 11.4 Å². The Balaban J connectivity index is 1.96. The van der Waals surface area contributed by atoms with Gasteiger partial charge in [0.1, 0.15) is 0 Å². The number of aryl methyl sites for hydroxylation is 2. The van der Waals surface area contributed by atoms with E-state index in [0.29, 0.717) is 5.75 Å². The van der Waals surface area contributed by atoms with E-state index in [9.17, 15) is 4.79 Å². The fraction of sp³-hybridized carbons (Fsp3) is 0.273. The van der Waals surface area contributed by atoms with E-state index in [-0.39, 0.29) is 5.78 Å². The second kappa shape index (κ2) is 4.84. The number of thioether (sulfide) groups is 1. The molecule has 0 fully saturated rings. The van der Waals surface area contributed by atoms with Gasteiger partial charge in [-0.05, 0) is 19.1 Å².